The number of carbonyl (C=O) groups is 2. The van der Waals surface area contributed by atoms with Gasteiger partial charge in [-0.05, 0) is 51.2 Å². The molecular weight excluding hydrogens is 252 g/mol. The predicted octanol–water partition coefficient (Wildman–Crippen LogP) is 3.72. The summed E-state index contributed by atoms with van der Waals surface area (Å²) < 4.78 is 5.59. The predicted molar refractivity (Wildman–Crippen MR) is 77.8 cm³/mol. The van der Waals surface area contributed by atoms with Gasteiger partial charge >= 0.3 is 5.97 Å². The number of ether oxygens (including phenoxy) is 1. The van der Waals surface area contributed by atoms with Crippen LogP contribution in [-0.2, 0) is 14.3 Å². The van der Waals surface area contributed by atoms with E-state index in [0.717, 1.165) is 29.6 Å². The average molecular weight is 274 g/mol. The summed E-state index contributed by atoms with van der Waals surface area (Å²) in [6.45, 7) is 9.51. The summed E-state index contributed by atoms with van der Waals surface area (Å²) in [5.74, 6) is 0.669. The molecule has 108 valence electrons. The average Bonchev–Trinajstić information content (AvgIpc) is 3.19. The van der Waals surface area contributed by atoms with E-state index in [-0.39, 0.29) is 23.6 Å². The molecule has 0 N–H and O–H groups in total. The highest BCUT2D eigenvalue weighted by atomic mass is 16.5. The lowest BCUT2D eigenvalue weighted by molar-refractivity contribution is -0.142. The lowest BCUT2D eigenvalue weighted by atomic mass is 9.96. The molecule has 0 bridgehead atoms. The fraction of sp³-hybridized carbons (Fsp3) is 0.529. The summed E-state index contributed by atoms with van der Waals surface area (Å²) in [6, 6.07) is 0. The van der Waals surface area contributed by atoms with Crippen LogP contribution in [-0.4, -0.2) is 11.8 Å². The topological polar surface area (TPSA) is 43.4 Å². The van der Waals surface area contributed by atoms with Gasteiger partial charge in [0.1, 0.15) is 5.76 Å². The van der Waals surface area contributed by atoms with Crippen molar-refractivity contribution < 1.29 is 14.3 Å². The Kier molecular flexibility index (Phi) is 4.26. The molecule has 1 unspecified atom stereocenters. The van der Waals surface area contributed by atoms with Gasteiger partial charge in [0.05, 0.1) is 5.92 Å². The third-order valence-electron chi connectivity index (χ3n) is 4.00. The Morgan fingerprint density at radius 2 is 2.05 bits per heavy atom. The van der Waals surface area contributed by atoms with Crippen LogP contribution in [0.5, 0.6) is 0 Å². The number of hydrogen-bond donors (Lipinski definition) is 0. The van der Waals surface area contributed by atoms with Crippen molar-refractivity contribution in [2.24, 2.45) is 11.8 Å². The van der Waals surface area contributed by atoms with Crippen molar-refractivity contribution in [3.63, 3.8) is 0 Å². The molecule has 0 aromatic rings. The van der Waals surface area contributed by atoms with E-state index in [1.54, 1.807) is 6.08 Å². The van der Waals surface area contributed by atoms with Crippen LogP contribution in [0.1, 0.15) is 46.5 Å². The van der Waals surface area contributed by atoms with Gasteiger partial charge in [-0.3, -0.25) is 9.59 Å². The number of hydrogen-bond acceptors (Lipinski definition) is 3. The second-order valence-electron chi connectivity index (χ2n) is 5.89. The maximum absolute atomic E-state index is 12.1. The van der Waals surface area contributed by atoms with Gasteiger partial charge in [-0.25, -0.2) is 0 Å². The third kappa shape index (κ3) is 2.92. The quantitative estimate of drug-likeness (QED) is 0.436. The van der Waals surface area contributed by atoms with E-state index >= 15 is 0 Å². The Hall–Kier alpha value is -1.64. The highest BCUT2D eigenvalue weighted by Gasteiger charge is 2.37. The van der Waals surface area contributed by atoms with Gasteiger partial charge < -0.3 is 4.74 Å². The van der Waals surface area contributed by atoms with Gasteiger partial charge in [0, 0.05) is 12.3 Å². The first kappa shape index (κ1) is 14.8. The molecule has 1 atom stereocenters. The van der Waals surface area contributed by atoms with Crippen LogP contribution in [0.15, 0.2) is 35.1 Å². The minimum absolute atomic E-state index is 0.0679. The van der Waals surface area contributed by atoms with Crippen molar-refractivity contribution in [3.05, 3.63) is 35.1 Å². The van der Waals surface area contributed by atoms with Crippen LogP contribution >= 0.6 is 0 Å². The smallest absolute Gasteiger partial charge is 0.314 e. The highest BCUT2D eigenvalue weighted by molar-refractivity contribution is 5.99. The first-order valence-electron chi connectivity index (χ1n) is 7.18. The molecule has 2 aliphatic carbocycles. The fourth-order valence-corrected chi connectivity index (χ4v) is 2.63. The number of esters is 1. The SMILES string of the molecule is C=CCC1=C(C)C(C(OC(=O)C2CC2)=C(C)C)CC1=O. The van der Waals surface area contributed by atoms with E-state index in [4.69, 9.17) is 4.74 Å². The number of allylic oxidation sites excluding steroid dienone is 4. The minimum Gasteiger partial charge on any atom is -0.430 e. The molecule has 2 aliphatic rings. The van der Waals surface area contributed by atoms with Gasteiger partial charge in [-0.15, -0.1) is 6.58 Å². The molecule has 20 heavy (non-hydrogen) atoms. The molecule has 0 aromatic carbocycles. The molecule has 1 saturated carbocycles. The van der Waals surface area contributed by atoms with Gasteiger partial charge in [0.2, 0.25) is 0 Å². The molecule has 3 heteroatoms. The summed E-state index contributed by atoms with van der Waals surface area (Å²) in [7, 11) is 0. The standard InChI is InChI=1S/C17H22O3/c1-5-6-13-11(4)14(9-15(13)18)16(10(2)3)20-17(19)12-7-8-12/h5,12,14H,1,6-9H2,2-4H3. The minimum atomic E-state index is -0.140. The number of Topliss-reactive ketones (excluding diaryl/α,β-unsaturated/α-hetero) is 1. The summed E-state index contributed by atoms with van der Waals surface area (Å²) in [5.41, 5.74) is 2.82. The largest absolute Gasteiger partial charge is 0.430 e. The van der Waals surface area contributed by atoms with Crippen molar-refractivity contribution in [3.8, 4) is 0 Å². The summed E-state index contributed by atoms with van der Waals surface area (Å²) in [4.78, 5) is 24.0. The molecule has 0 heterocycles. The zero-order valence-corrected chi connectivity index (χ0v) is 12.5. The number of rotatable bonds is 5. The second kappa shape index (κ2) is 5.78. The van der Waals surface area contributed by atoms with Crippen molar-refractivity contribution in [2.75, 3.05) is 0 Å². The summed E-state index contributed by atoms with van der Waals surface area (Å²) in [5, 5.41) is 0. The molecule has 0 spiro atoms. The van der Waals surface area contributed by atoms with Crippen molar-refractivity contribution >= 4 is 11.8 Å². The van der Waals surface area contributed by atoms with E-state index in [1.165, 1.54) is 0 Å². The Labute approximate surface area is 120 Å². The maximum Gasteiger partial charge on any atom is 0.314 e. The van der Waals surface area contributed by atoms with Crippen LogP contribution in [0.2, 0.25) is 0 Å². The van der Waals surface area contributed by atoms with Crippen LogP contribution < -0.4 is 0 Å². The Morgan fingerprint density at radius 1 is 1.40 bits per heavy atom. The van der Waals surface area contributed by atoms with E-state index in [1.807, 2.05) is 20.8 Å². The van der Waals surface area contributed by atoms with Crippen LogP contribution in [0, 0.1) is 11.8 Å². The van der Waals surface area contributed by atoms with Crippen molar-refractivity contribution in [2.45, 2.75) is 46.5 Å². The Balaban J connectivity index is 2.23. The molecular formula is C17H22O3. The van der Waals surface area contributed by atoms with E-state index in [9.17, 15) is 9.59 Å². The molecule has 0 amide bonds. The molecule has 0 radical (unpaired) electrons. The van der Waals surface area contributed by atoms with Gasteiger partial charge in [0.15, 0.2) is 5.78 Å². The van der Waals surface area contributed by atoms with E-state index in [0.29, 0.717) is 18.6 Å². The third-order valence-corrected chi connectivity index (χ3v) is 4.00. The molecule has 1 fully saturated rings. The molecule has 0 saturated heterocycles. The maximum atomic E-state index is 12.1. The fourth-order valence-electron chi connectivity index (χ4n) is 2.63. The monoisotopic (exact) mass is 274 g/mol. The first-order chi connectivity index (χ1) is 9.45. The van der Waals surface area contributed by atoms with Gasteiger partial charge in [-0.2, -0.15) is 0 Å². The first-order valence-corrected chi connectivity index (χ1v) is 7.18. The zero-order valence-electron chi connectivity index (χ0n) is 12.5. The lowest BCUT2D eigenvalue weighted by Gasteiger charge is -2.18. The molecule has 0 aliphatic heterocycles. The Bertz CT molecular complexity index is 514. The highest BCUT2D eigenvalue weighted by Crippen LogP contribution is 2.39. The normalized spacial score (nSPS) is 21.9. The van der Waals surface area contributed by atoms with Crippen LogP contribution in [0.3, 0.4) is 0 Å². The van der Waals surface area contributed by atoms with E-state index < -0.39 is 0 Å². The van der Waals surface area contributed by atoms with Crippen LogP contribution in [0.25, 0.3) is 0 Å². The van der Waals surface area contributed by atoms with Crippen molar-refractivity contribution in [1.29, 1.82) is 0 Å². The van der Waals surface area contributed by atoms with Gasteiger partial charge in [-0.1, -0.05) is 11.6 Å². The second-order valence-corrected chi connectivity index (χ2v) is 5.89. The van der Waals surface area contributed by atoms with Crippen LogP contribution in [0.4, 0.5) is 0 Å². The number of carbonyl (C=O) groups excluding carboxylic acids is 2. The Morgan fingerprint density at radius 3 is 2.55 bits per heavy atom. The van der Waals surface area contributed by atoms with Crippen molar-refractivity contribution in [1.82, 2.24) is 0 Å². The summed E-state index contributed by atoms with van der Waals surface area (Å²) >= 11 is 0. The summed E-state index contributed by atoms with van der Waals surface area (Å²) in [6.07, 6.45) is 4.60. The molecule has 2 rings (SSSR count). The van der Waals surface area contributed by atoms with E-state index in [2.05, 4.69) is 6.58 Å². The zero-order chi connectivity index (χ0) is 14.9. The molecule has 3 nitrogen and oxygen atoms in total. The lowest BCUT2D eigenvalue weighted by Crippen LogP contribution is -2.14. The molecule has 0 aromatic heterocycles. The van der Waals surface area contributed by atoms with Gasteiger partial charge in [0.25, 0.3) is 0 Å². The number of ketones is 1.